The van der Waals surface area contributed by atoms with Crippen LogP contribution in [0.1, 0.15) is 62.5 Å². The van der Waals surface area contributed by atoms with Crippen LogP contribution in [0.4, 0.5) is 9.52 Å². The van der Waals surface area contributed by atoms with Gasteiger partial charge in [-0.05, 0) is 68.7 Å². The predicted molar refractivity (Wildman–Crippen MR) is 141 cm³/mol. The van der Waals surface area contributed by atoms with Gasteiger partial charge in [0.05, 0.1) is 11.8 Å². The van der Waals surface area contributed by atoms with Crippen LogP contribution in [0.3, 0.4) is 0 Å². The van der Waals surface area contributed by atoms with Crippen molar-refractivity contribution in [2.24, 2.45) is 28.6 Å². The van der Waals surface area contributed by atoms with Gasteiger partial charge in [0.1, 0.15) is 5.60 Å². The summed E-state index contributed by atoms with van der Waals surface area (Å²) < 4.78 is 17.4. The van der Waals surface area contributed by atoms with Gasteiger partial charge in [0.25, 0.3) is 5.91 Å². The number of carbonyl (C=O) groups excluding carboxylic acids is 2. The number of aliphatic hydroxyl groups excluding tert-OH is 1. The summed E-state index contributed by atoms with van der Waals surface area (Å²) in [4.78, 5) is 33.3. The largest absolute Gasteiger partial charge is 0.390 e. The van der Waals surface area contributed by atoms with Crippen LogP contribution in [0, 0.1) is 28.6 Å². The number of ketones is 1. The summed E-state index contributed by atoms with van der Waals surface area (Å²) in [7, 11) is 0. The van der Waals surface area contributed by atoms with Crippen LogP contribution in [0.25, 0.3) is 0 Å². The fraction of sp³-hybridized carbons (Fsp3) is 0.517. The Morgan fingerprint density at radius 1 is 1.24 bits per heavy atom. The molecule has 2 aromatic rings. The van der Waals surface area contributed by atoms with Crippen molar-refractivity contribution in [3.63, 3.8) is 0 Å². The smallest absolute Gasteiger partial charge is 0.257 e. The molecule has 0 radical (unpaired) electrons. The van der Waals surface area contributed by atoms with Crippen molar-refractivity contribution in [2.75, 3.05) is 5.32 Å². The van der Waals surface area contributed by atoms with Crippen LogP contribution in [0.2, 0.25) is 0 Å². The quantitative estimate of drug-likeness (QED) is 0.528. The van der Waals surface area contributed by atoms with E-state index in [1.807, 2.05) is 13.8 Å². The topological polar surface area (TPSA) is 112 Å². The molecule has 0 spiro atoms. The molecule has 0 bridgehead atoms. The molecule has 0 aromatic carbocycles. The minimum Gasteiger partial charge on any atom is -0.390 e. The number of anilines is 1. The van der Waals surface area contributed by atoms with Crippen LogP contribution in [-0.2, 0) is 10.4 Å². The summed E-state index contributed by atoms with van der Waals surface area (Å²) in [6, 6.07) is 3.22. The molecule has 2 aromatic heterocycles. The number of carbonyl (C=O) groups is 2. The Bertz CT molecular complexity index is 1380. The number of hydrogen-bond acceptors (Lipinski definition) is 7. The Kier molecular flexibility index (Phi) is 5.62. The van der Waals surface area contributed by atoms with E-state index in [-0.39, 0.29) is 29.9 Å². The number of hydrogen-bond donors (Lipinski definition) is 3. The highest BCUT2D eigenvalue weighted by molar-refractivity contribution is 7.14. The summed E-state index contributed by atoms with van der Waals surface area (Å²) in [6.45, 7) is 5.70. The second-order valence-electron chi connectivity index (χ2n) is 11.9. The Morgan fingerprint density at radius 3 is 2.71 bits per heavy atom. The molecule has 3 N–H and O–H groups in total. The fourth-order valence-electron chi connectivity index (χ4n) is 8.27. The predicted octanol–water partition coefficient (Wildman–Crippen LogP) is 4.59. The number of allylic oxidation sites excluding steroid dienone is 4. The second-order valence-corrected chi connectivity index (χ2v) is 12.8. The monoisotopic (exact) mass is 537 g/mol. The first-order chi connectivity index (χ1) is 17.9. The van der Waals surface area contributed by atoms with Crippen LogP contribution in [-0.4, -0.2) is 43.6 Å². The summed E-state index contributed by atoms with van der Waals surface area (Å²) in [5, 5.41) is 28.9. The molecule has 0 aliphatic heterocycles. The molecule has 6 rings (SSSR count). The highest BCUT2D eigenvalue weighted by atomic mass is 32.1. The molecule has 0 saturated heterocycles. The Labute approximate surface area is 224 Å². The molecule has 38 heavy (non-hydrogen) atoms. The molecule has 8 unspecified atom stereocenters. The molecule has 3 saturated carbocycles. The number of aliphatic hydroxyl groups is 2. The number of rotatable bonds is 3. The van der Waals surface area contributed by atoms with Gasteiger partial charge in [-0.2, -0.15) is 0 Å². The van der Waals surface area contributed by atoms with Gasteiger partial charge in [0, 0.05) is 40.1 Å². The third-order valence-corrected chi connectivity index (χ3v) is 11.0. The van der Waals surface area contributed by atoms with Gasteiger partial charge in [-0.1, -0.05) is 25.5 Å². The normalized spacial score (nSPS) is 41.6. The van der Waals surface area contributed by atoms with E-state index in [2.05, 4.69) is 15.3 Å². The first kappa shape index (κ1) is 25.5. The number of halogens is 1. The number of amides is 1. The third-order valence-electron chi connectivity index (χ3n) is 10.3. The minimum atomic E-state index is -1.95. The molecule has 4 aliphatic carbocycles. The van der Waals surface area contributed by atoms with Crippen molar-refractivity contribution in [3.8, 4) is 0 Å². The molecule has 3 fully saturated rings. The van der Waals surface area contributed by atoms with Crippen molar-refractivity contribution < 1.29 is 24.2 Å². The van der Waals surface area contributed by atoms with Crippen molar-refractivity contribution in [1.29, 1.82) is 0 Å². The number of thiazole rings is 1. The van der Waals surface area contributed by atoms with Crippen molar-refractivity contribution >= 4 is 28.2 Å². The first-order valence-electron chi connectivity index (χ1n) is 13.2. The van der Waals surface area contributed by atoms with Gasteiger partial charge in [-0.25, -0.2) is 9.37 Å². The van der Waals surface area contributed by atoms with Crippen molar-refractivity contribution in [2.45, 2.75) is 63.8 Å². The van der Waals surface area contributed by atoms with Crippen LogP contribution < -0.4 is 5.32 Å². The van der Waals surface area contributed by atoms with Gasteiger partial charge in [0.15, 0.2) is 16.6 Å². The third kappa shape index (κ3) is 3.18. The zero-order chi connectivity index (χ0) is 27.1. The van der Waals surface area contributed by atoms with Gasteiger partial charge < -0.3 is 10.2 Å². The van der Waals surface area contributed by atoms with E-state index < -0.39 is 34.1 Å². The van der Waals surface area contributed by atoms with Crippen LogP contribution in [0.5, 0.6) is 0 Å². The lowest BCUT2D eigenvalue weighted by Gasteiger charge is -2.62. The molecule has 8 atom stereocenters. The van der Waals surface area contributed by atoms with Crippen molar-refractivity contribution in [3.05, 3.63) is 65.0 Å². The number of fused-ring (bicyclic) bond motifs is 5. The SMILES string of the molecule is CC1CC2C3CCC4=CC(=O)C=CC4(C)C3(F)C(O)CC2(C)C1(O)c1csc(NC(=O)c2ccncc2)n1. The summed E-state index contributed by atoms with van der Waals surface area (Å²) in [6.07, 6.45) is 8.07. The molecular formula is C29H32FN3O4S. The van der Waals surface area contributed by atoms with Gasteiger partial charge in [-0.3, -0.25) is 19.9 Å². The molecule has 1 amide bonds. The van der Waals surface area contributed by atoms with Crippen LogP contribution in [0.15, 0.2) is 53.7 Å². The average molecular weight is 538 g/mol. The summed E-state index contributed by atoms with van der Waals surface area (Å²) >= 11 is 1.23. The Hall–Kier alpha value is -2.75. The summed E-state index contributed by atoms with van der Waals surface area (Å²) in [5.41, 5.74) is -3.64. The highest BCUT2D eigenvalue weighted by Crippen LogP contribution is 2.72. The number of pyridine rings is 1. The zero-order valence-corrected chi connectivity index (χ0v) is 22.5. The fourth-order valence-corrected chi connectivity index (χ4v) is 9.03. The number of nitrogens with zero attached hydrogens (tertiary/aromatic N) is 2. The van der Waals surface area contributed by atoms with E-state index in [0.29, 0.717) is 35.7 Å². The maximum absolute atomic E-state index is 17.4. The number of aromatic nitrogens is 2. The average Bonchev–Trinajstić information content (AvgIpc) is 3.43. The molecule has 4 aliphatic rings. The van der Waals surface area contributed by atoms with E-state index in [9.17, 15) is 19.8 Å². The Morgan fingerprint density at radius 2 is 1.97 bits per heavy atom. The van der Waals surface area contributed by atoms with E-state index >= 15 is 4.39 Å². The lowest BCUT2D eigenvalue weighted by atomic mass is 9.44. The molecular weight excluding hydrogens is 505 g/mol. The van der Waals surface area contributed by atoms with E-state index in [0.717, 1.165) is 5.57 Å². The molecule has 200 valence electrons. The summed E-state index contributed by atoms with van der Waals surface area (Å²) in [5.74, 6) is -1.40. The zero-order valence-electron chi connectivity index (χ0n) is 21.6. The van der Waals surface area contributed by atoms with Crippen LogP contribution >= 0.6 is 11.3 Å². The van der Waals surface area contributed by atoms with Gasteiger partial charge in [0.2, 0.25) is 0 Å². The second kappa shape index (κ2) is 8.37. The highest BCUT2D eigenvalue weighted by Gasteiger charge is 2.74. The van der Waals surface area contributed by atoms with Crippen molar-refractivity contribution in [1.82, 2.24) is 9.97 Å². The lowest BCUT2D eigenvalue weighted by Crippen LogP contribution is -2.68. The van der Waals surface area contributed by atoms with E-state index in [4.69, 9.17) is 0 Å². The number of alkyl halides is 1. The maximum Gasteiger partial charge on any atom is 0.257 e. The first-order valence-corrected chi connectivity index (χ1v) is 14.0. The minimum absolute atomic E-state index is 0.0619. The standard InChI is InChI=1S/C29H32FN3O4S/c1-16-12-21-20-5-4-18-13-19(34)6-9-26(18,2)28(20,30)23(35)14-27(21,3)29(16,37)22-15-38-25(32-22)33-24(36)17-7-10-31-11-8-17/h6-11,13,15-16,20-21,23,35,37H,4-5,12,14H2,1-3H3,(H,32,33,36). The molecule has 7 nitrogen and oxygen atoms in total. The molecule has 2 heterocycles. The lowest BCUT2D eigenvalue weighted by molar-refractivity contribution is -0.223. The van der Waals surface area contributed by atoms with Gasteiger partial charge >= 0.3 is 0 Å². The number of nitrogens with one attached hydrogen (secondary N) is 1. The molecule has 9 heteroatoms. The van der Waals surface area contributed by atoms with E-state index in [1.165, 1.54) is 35.9 Å². The van der Waals surface area contributed by atoms with Gasteiger partial charge in [-0.15, -0.1) is 11.3 Å². The maximum atomic E-state index is 17.4. The van der Waals surface area contributed by atoms with E-state index in [1.54, 1.807) is 30.5 Å². The Balaban J connectivity index is 1.34.